The van der Waals surface area contributed by atoms with E-state index < -0.39 is 6.23 Å². The molecule has 0 aromatic heterocycles. The SMILES string of the molecule is O=C1c2ccccc2C(O)N1CCCCCCBr. The standard InChI is InChI=1S/C14H18BrNO2/c15-9-5-1-2-6-10-16-13(17)11-7-3-4-8-12(11)14(16)18/h3-4,7-8,13,17H,1-2,5-6,9-10H2. The molecule has 3 nitrogen and oxygen atoms in total. The van der Waals surface area contributed by atoms with Crippen LogP contribution in [0.15, 0.2) is 24.3 Å². The number of halogens is 1. The lowest BCUT2D eigenvalue weighted by Crippen LogP contribution is -2.28. The van der Waals surface area contributed by atoms with Crippen molar-refractivity contribution in [3.05, 3.63) is 35.4 Å². The van der Waals surface area contributed by atoms with Gasteiger partial charge in [-0.25, -0.2) is 0 Å². The highest BCUT2D eigenvalue weighted by molar-refractivity contribution is 9.09. The molecule has 98 valence electrons. The van der Waals surface area contributed by atoms with E-state index in [2.05, 4.69) is 15.9 Å². The predicted octanol–water partition coefficient (Wildman–Crippen LogP) is 3.09. The molecule has 0 saturated carbocycles. The maximum Gasteiger partial charge on any atom is 0.256 e. The highest BCUT2D eigenvalue weighted by Crippen LogP contribution is 2.31. The molecule has 18 heavy (non-hydrogen) atoms. The first-order chi connectivity index (χ1) is 8.75. The van der Waals surface area contributed by atoms with Gasteiger partial charge in [0.05, 0.1) is 0 Å². The normalized spacial score (nSPS) is 18.2. The van der Waals surface area contributed by atoms with Crippen LogP contribution in [0.3, 0.4) is 0 Å². The zero-order chi connectivity index (χ0) is 13.0. The van der Waals surface area contributed by atoms with Crippen LogP contribution in [0.4, 0.5) is 0 Å². The predicted molar refractivity (Wildman–Crippen MR) is 74.7 cm³/mol. The van der Waals surface area contributed by atoms with Crippen molar-refractivity contribution in [3.8, 4) is 0 Å². The zero-order valence-corrected chi connectivity index (χ0v) is 11.9. The lowest BCUT2D eigenvalue weighted by Gasteiger charge is -2.20. The Hall–Kier alpha value is -0.870. The molecule has 1 N–H and O–H groups in total. The van der Waals surface area contributed by atoms with E-state index in [9.17, 15) is 9.90 Å². The molecule has 0 radical (unpaired) electrons. The van der Waals surface area contributed by atoms with E-state index in [1.807, 2.05) is 18.2 Å². The van der Waals surface area contributed by atoms with E-state index in [1.54, 1.807) is 11.0 Å². The second-order valence-electron chi connectivity index (χ2n) is 4.56. The van der Waals surface area contributed by atoms with Crippen molar-refractivity contribution in [2.75, 3.05) is 11.9 Å². The number of carbonyl (C=O) groups is 1. The fourth-order valence-electron chi connectivity index (χ4n) is 2.30. The maximum absolute atomic E-state index is 12.1. The van der Waals surface area contributed by atoms with Crippen LogP contribution in [-0.2, 0) is 0 Å². The number of unbranched alkanes of at least 4 members (excludes halogenated alkanes) is 3. The number of carbonyl (C=O) groups excluding carboxylic acids is 1. The first-order valence-electron chi connectivity index (χ1n) is 6.39. The number of alkyl halides is 1. The summed E-state index contributed by atoms with van der Waals surface area (Å²) in [5.74, 6) is -0.0430. The monoisotopic (exact) mass is 311 g/mol. The van der Waals surface area contributed by atoms with Crippen LogP contribution < -0.4 is 0 Å². The first kappa shape index (κ1) is 13.6. The van der Waals surface area contributed by atoms with Crippen molar-refractivity contribution in [2.24, 2.45) is 0 Å². The molecule has 1 unspecified atom stereocenters. The van der Waals surface area contributed by atoms with Crippen LogP contribution in [-0.4, -0.2) is 27.8 Å². The number of hydrogen-bond acceptors (Lipinski definition) is 2. The molecule has 0 bridgehead atoms. The Labute approximate surface area is 116 Å². The number of aliphatic hydroxyl groups excluding tert-OH is 1. The van der Waals surface area contributed by atoms with Gasteiger partial charge in [-0.05, 0) is 18.9 Å². The van der Waals surface area contributed by atoms with Gasteiger partial charge in [0.1, 0.15) is 0 Å². The van der Waals surface area contributed by atoms with Gasteiger partial charge in [0.25, 0.3) is 5.91 Å². The molecule has 1 heterocycles. The van der Waals surface area contributed by atoms with Crippen LogP contribution in [0.1, 0.15) is 47.8 Å². The van der Waals surface area contributed by atoms with Gasteiger partial charge in [-0.15, -0.1) is 0 Å². The van der Waals surface area contributed by atoms with Gasteiger partial charge in [0.2, 0.25) is 0 Å². The van der Waals surface area contributed by atoms with Gasteiger partial charge in [-0.2, -0.15) is 0 Å². The minimum atomic E-state index is -0.759. The molecule has 1 aliphatic heterocycles. The Morgan fingerprint density at radius 3 is 2.61 bits per heavy atom. The smallest absolute Gasteiger partial charge is 0.256 e. The third kappa shape index (κ3) is 2.75. The summed E-state index contributed by atoms with van der Waals surface area (Å²) >= 11 is 3.40. The van der Waals surface area contributed by atoms with Gasteiger partial charge in [0, 0.05) is 23.0 Å². The topological polar surface area (TPSA) is 40.5 Å². The summed E-state index contributed by atoms with van der Waals surface area (Å²) in [6.07, 6.45) is 3.61. The van der Waals surface area contributed by atoms with Crippen LogP contribution in [0.2, 0.25) is 0 Å². The molecule has 0 saturated heterocycles. The molecule has 0 spiro atoms. The third-order valence-corrected chi connectivity index (χ3v) is 3.87. The number of rotatable bonds is 6. The average molecular weight is 312 g/mol. The maximum atomic E-state index is 12.1. The van der Waals surface area contributed by atoms with E-state index in [0.717, 1.165) is 36.6 Å². The lowest BCUT2D eigenvalue weighted by atomic mass is 10.1. The van der Waals surface area contributed by atoms with Crippen molar-refractivity contribution in [1.29, 1.82) is 0 Å². The van der Waals surface area contributed by atoms with Crippen LogP contribution >= 0.6 is 15.9 Å². The summed E-state index contributed by atoms with van der Waals surface area (Å²) in [6, 6.07) is 7.30. The molecular weight excluding hydrogens is 294 g/mol. The second-order valence-corrected chi connectivity index (χ2v) is 5.36. The molecule has 4 heteroatoms. The molecule has 1 atom stereocenters. The van der Waals surface area contributed by atoms with E-state index >= 15 is 0 Å². The molecular formula is C14H18BrNO2. The number of aliphatic hydroxyl groups is 1. The Bertz CT molecular complexity index is 422. The van der Waals surface area contributed by atoms with Gasteiger partial charge in [-0.3, -0.25) is 4.79 Å². The minimum absolute atomic E-state index is 0.0430. The first-order valence-corrected chi connectivity index (χ1v) is 7.52. The molecule has 1 amide bonds. The van der Waals surface area contributed by atoms with Gasteiger partial charge in [-0.1, -0.05) is 47.0 Å². The van der Waals surface area contributed by atoms with Crippen LogP contribution in [0.5, 0.6) is 0 Å². The number of hydrogen-bond donors (Lipinski definition) is 1. The Morgan fingerprint density at radius 1 is 1.17 bits per heavy atom. The van der Waals surface area contributed by atoms with Crippen molar-refractivity contribution < 1.29 is 9.90 Å². The van der Waals surface area contributed by atoms with Gasteiger partial charge in [0.15, 0.2) is 6.23 Å². The zero-order valence-electron chi connectivity index (χ0n) is 10.3. The molecule has 1 aliphatic rings. The lowest BCUT2D eigenvalue weighted by molar-refractivity contribution is 0.0170. The Morgan fingerprint density at radius 2 is 1.89 bits per heavy atom. The highest BCUT2D eigenvalue weighted by Gasteiger charge is 2.34. The van der Waals surface area contributed by atoms with Crippen molar-refractivity contribution in [3.63, 3.8) is 0 Å². The number of amides is 1. The molecule has 1 aromatic rings. The number of benzene rings is 1. The molecule has 0 fully saturated rings. The summed E-state index contributed by atoms with van der Waals surface area (Å²) in [6.45, 7) is 0.636. The highest BCUT2D eigenvalue weighted by atomic mass is 79.9. The third-order valence-electron chi connectivity index (χ3n) is 3.31. The Balaban J connectivity index is 1.90. The number of nitrogens with zero attached hydrogens (tertiary/aromatic N) is 1. The fourth-order valence-corrected chi connectivity index (χ4v) is 2.70. The van der Waals surface area contributed by atoms with Crippen molar-refractivity contribution in [1.82, 2.24) is 4.90 Å². The summed E-state index contributed by atoms with van der Waals surface area (Å²) in [5.41, 5.74) is 1.38. The average Bonchev–Trinajstić information content (AvgIpc) is 2.64. The van der Waals surface area contributed by atoms with Crippen molar-refractivity contribution >= 4 is 21.8 Å². The van der Waals surface area contributed by atoms with E-state index in [4.69, 9.17) is 0 Å². The summed E-state index contributed by atoms with van der Waals surface area (Å²) < 4.78 is 0. The van der Waals surface area contributed by atoms with Gasteiger partial charge < -0.3 is 10.0 Å². The van der Waals surface area contributed by atoms with E-state index in [1.165, 1.54) is 0 Å². The van der Waals surface area contributed by atoms with E-state index in [0.29, 0.717) is 12.1 Å². The minimum Gasteiger partial charge on any atom is -0.369 e. The van der Waals surface area contributed by atoms with Crippen LogP contribution in [0.25, 0.3) is 0 Å². The molecule has 2 rings (SSSR count). The van der Waals surface area contributed by atoms with E-state index in [-0.39, 0.29) is 5.91 Å². The second kappa shape index (κ2) is 6.34. The fraction of sp³-hybridized carbons (Fsp3) is 0.500. The summed E-state index contributed by atoms with van der Waals surface area (Å²) in [4.78, 5) is 13.7. The quantitative estimate of drug-likeness (QED) is 0.648. The van der Waals surface area contributed by atoms with Gasteiger partial charge >= 0.3 is 0 Å². The largest absolute Gasteiger partial charge is 0.369 e. The Kier molecular flexibility index (Phi) is 4.78. The molecule has 0 aliphatic carbocycles. The molecule has 1 aromatic carbocycles. The number of fused-ring (bicyclic) bond motifs is 1. The van der Waals surface area contributed by atoms with Crippen molar-refractivity contribution in [2.45, 2.75) is 31.9 Å². The van der Waals surface area contributed by atoms with Crippen LogP contribution in [0, 0.1) is 0 Å². The summed E-state index contributed by atoms with van der Waals surface area (Å²) in [7, 11) is 0. The summed E-state index contributed by atoms with van der Waals surface area (Å²) in [5, 5.41) is 11.1.